The minimum atomic E-state index is 0.376. The van der Waals surface area contributed by atoms with E-state index in [4.69, 9.17) is 9.47 Å². The lowest BCUT2D eigenvalue weighted by Gasteiger charge is -2.24. The maximum Gasteiger partial charge on any atom is 0.163 e. The Morgan fingerprint density at radius 2 is 2.00 bits per heavy atom. The van der Waals surface area contributed by atoms with Gasteiger partial charge in [0.05, 0.1) is 6.04 Å². The van der Waals surface area contributed by atoms with Crippen LogP contribution < -0.4 is 14.8 Å². The fraction of sp³-hybridized carbons (Fsp3) is 0.500. The molecule has 2 aliphatic rings. The van der Waals surface area contributed by atoms with Crippen molar-refractivity contribution in [2.45, 2.75) is 19.9 Å². The first-order valence-electron chi connectivity index (χ1n) is 6.59. The van der Waals surface area contributed by atoms with E-state index in [2.05, 4.69) is 24.2 Å². The molecule has 2 heterocycles. The summed E-state index contributed by atoms with van der Waals surface area (Å²) in [4.78, 5) is 4.67. The molecule has 1 N–H and O–H groups in total. The van der Waals surface area contributed by atoms with Crippen LogP contribution in [0.1, 0.15) is 13.8 Å². The van der Waals surface area contributed by atoms with Gasteiger partial charge in [0.25, 0.3) is 0 Å². The first kappa shape index (κ1) is 12.7. The van der Waals surface area contributed by atoms with Crippen molar-refractivity contribution in [1.82, 2.24) is 0 Å². The fourth-order valence-corrected chi connectivity index (χ4v) is 3.14. The Balaban J connectivity index is 1.75. The zero-order chi connectivity index (χ0) is 13.2. The number of anilines is 1. The van der Waals surface area contributed by atoms with Crippen LogP contribution in [-0.4, -0.2) is 30.2 Å². The summed E-state index contributed by atoms with van der Waals surface area (Å²) in [5.74, 6) is 3.37. The third kappa shape index (κ3) is 2.81. The van der Waals surface area contributed by atoms with Crippen LogP contribution >= 0.6 is 11.8 Å². The number of rotatable bonds is 1. The van der Waals surface area contributed by atoms with Crippen LogP contribution in [0, 0.1) is 5.92 Å². The van der Waals surface area contributed by atoms with Gasteiger partial charge in [-0.15, -0.1) is 0 Å². The lowest BCUT2D eigenvalue weighted by Crippen LogP contribution is -2.25. The second kappa shape index (κ2) is 5.33. The third-order valence-corrected chi connectivity index (χ3v) is 4.59. The lowest BCUT2D eigenvalue weighted by atomic mass is 10.1. The van der Waals surface area contributed by atoms with Crippen LogP contribution in [0.5, 0.6) is 11.5 Å². The number of benzene rings is 1. The summed E-state index contributed by atoms with van der Waals surface area (Å²) < 4.78 is 11.1. The van der Waals surface area contributed by atoms with Crippen molar-refractivity contribution in [3.8, 4) is 11.5 Å². The quantitative estimate of drug-likeness (QED) is 0.857. The predicted octanol–water partition coefficient (Wildman–Crippen LogP) is 3.00. The largest absolute Gasteiger partial charge is 0.486 e. The molecule has 0 radical (unpaired) electrons. The van der Waals surface area contributed by atoms with Gasteiger partial charge in [-0.25, -0.2) is 0 Å². The summed E-state index contributed by atoms with van der Waals surface area (Å²) in [5.41, 5.74) is 0.997. The van der Waals surface area contributed by atoms with Crippen molar-refractivity contribution in [1.29, 1.82) is 0 Å². The van der Waals surface area contributed by atoms with Gasteiger partial charge in [-0.2, -0.15) is 0 Å². The molecule has 4 nitrogen and oxygen atoms in total. The van der Waals surface area contributed by atoms with Gasteiger partial charge in [0.15, 0.2) is 16.7 Å². The van der Waals surface area contributed by atoms with Crippen LogP contribution in [-0.2, 0) is 0 Å². The van der Waals surface area contributed by atoms with Crippen molar-refractivity contribution in [2.24, 2.45) is 10.9 Å². The normalized spacial score (nSPS) is 25.7. The summed E-state index contributed by atoms with van der Waals surface area (Å²) in [5, 5.41) is 4.35. The average Bonchev–Trinajstić information content (AvgIpc) is 2.43. The average molecular weight is 278 g/mol. The van der Waals surface area contributed by atoms with Gasteiger partial charge < -0.3 is 14.8 Å². The number of amidine groups is 1. The second-order valence-electron chi connectivity index (χ2n) is 4.95. The third-order valence-electron chi connectivity index (χ3n) is 3.42. The Kier molecular flexibility index (Phi) is 3.55. The standard InChI is InChI=1S/C14H18N2O2S/c1-9-8-19-14(15-10(9)2)16-11-3-4-12-13(7-11)18-6-5-17-12/h3-4,7,9-10H,5-6,8H2,1-2H3,(H,15,16). The Morgan fingerprint density at radius 3 is 2.79 bits per heavy atom. The molecule has 2 atom stereocenters. The van der Waals surface area contributed by atoms with E-state index < -0.39 is 0 Å². The second-order valence-corrected chi connectivity index (χ2v) is 5.96. The fourth-order valence-electron chi connectivity index (χ4n) is 2.01. The summed E-state index contributed by atoms with van der Waals surface area (Å²) in [7, 11) is 0. The Labute approximate surface area is 117 Å². The first-order chi connectivity index (χ1) is 9.22. The van der Waals surface area contributed by atoms with E-state index in [1.165, 1.54) is 0 Å². The summed E-state index contributed by atoms with van der Waals surface area (Å²) >= 11 is 1.77. The Bertz CT molecular complexity index is 504. The number of hydrogen-bond donors (Lipinski definition) is 1. The molecule has 0 saturated heterocycles. The number of hydrogen-bond acceptors (Lipinski definition) is 5. The molecule has 102 valence electrons. The van der Waals surface area contributed by atoms with Crippen molar-refractivity contribution in [3.63, 3.8) is 0 Å². The van der Waals surface area contributed by atoms with Crippen molar-refractivity contribution in [3.05, 3.63) is 18.2 Å². The van der Waals surface area contributed by atoms with Crippen LogP contribution in [0.15, 0.2) is 23.2 Å². The Morgan fingerprint density at radius 1 is 1.21 bits per heavy atom. The number of thioether (sulfide) groups is 1. The smallest absolute Gasteiger partial charge is 0.163 e. The van der Waals surface area contributed by atoms with E-state index in [0.29, 0.717) is 25.2 Å². The van der Waals surface area contributed by atoms with E-state index in [9.17, 15) is 0 Å². The molecule has 1 aromatic rings. The zero-order valence-electron chi connectivity index (χ0n) is 11.2. The maximum absolute atomic E-state index is 5.58. The van der Waals surface area contributed by atoms with E-state index >= 15 is 0 Å². The highest BCUT2D eigenvalue weighted by molar-refractivity contribution is 8.14. The van der Waals surface area contributed by atoms with Crippen molar-refractivity contribution in [2.75, 3.05) is 24.3 Å². The monoisotopic (exact) mass is 278 g/mol. The molecule has 19 heavy (non-hydrogen) atoms. The van der Waals surface area contributed by atoms with Gasteiger partial charge in [-0.3, -0.25) is 4.99 Å². The SMILES string of the molecule is CC1CSC(Nc2ccc3c(c2)OCCO3)=NC1C. The first-order valence-corrected chi connectivity index (χ1v) is 7.58. The van der Waals surface area contributed by atoms with Crippen LogP contribution in [0.3, 0.4) is 0 Å². The molecule has 0 amide bonds. The van der Waals surface area contributed by atoms with E-state index in [1.54, 1.807) is 11.8 Å². The highest BCUT2D eigenvalue weighted by Gasteiger charge is 2.19. The highest BCUT2D eigenvalue weighted by Crippen LogP contribution is 2.33. The highest BCUT2D eigenvalue weighted by atomic mass is 32.2. The van der Waals surface area contributed by atoms with E-state index in [-0.39, 0.29) is 0 Å². The molecule has 0 aliphatic carbocycles. The number of aliphatic imine (C=N–C) groups is 1. The lowest BCUT2D eigenvalue weighted by molar-refractivity contribution is 0.171. The molecule has 1 aromatic carbocycles. The molecule has 2 aliphatic heterocycles. The molecule has 5 heteroatoms. The van der Waals surface area contributed by atoms with Gasteiger partial charge in [-0.1, -0.05) is 18.7 Å². The van der Waals surface area contributed by atoms with Crippen molar-refractivity contribution >= 4 is 22.6 Å². The summed E-state index contributed by atoms with van der Waals surface area (Å²) in [6.45, 7) is 5.64. The molecule has 0 spiro atoms. The maximum atomic E-state index is 5.58. The zero-order valence-corrected chi connectivity index (χ0v) is 12.0. The molecule has 0 bridgehead atoms. The van der Waals surface area contributed by atoms with Gasteiger partial charge in [-0.05, 0) is 25.0 Å². The Hall–Kier alpha value is -1.36. The van der Waals surface area contributed by atoms with Crippen LogP contribution in [0.2, 0.25) is 0 Å². The van der Waals surface area contributed by atoms with Gasteiger partial charge in [0, 0.05) is 17.5 Å². The van der Waals surface area contributed by atoms with Gasteiger partial charge >= 0.3 is 0 Å². The van der Waals surface area contributed by atoms with Crippen LogP contribution in [0.25, 0.3) is 0 Å². The van der Waals surface area contributed by atoms with Gasteiger partial charge in [0.2, 0.25) is 0 Å². The molecule has 0 fully saturated rings. The topological polar surface area (TPSA) is 42.8 Å². The van der Waals surface area contributed by atoms with E-state index in [1.807, 2.05) is 18.2 Å². The summed E-state index contributed by atoms with van der Waals surface area (Å²) in [6.07, 6.45) is 0. The molecule has 0 aromatic heterocycles. The molecule has 3 rings (SSSR count). The summed E-state index contributed by atoms with van der Waals surface area (Å²) in [6, 6.07) is 6.29. The van der Waals surface area contributed by atoms with Crippen LogP contribution in [0.4, 0.5) is 5.69 Å². The molecule has 0 saturated carbocycles. The number of nitrogens with zero attached hydrogens (tertiary/aromatic N) is 1. The number of fused-ring (bicyclic) bond motifs is 1. The molecular weight excluding hydrogens is 260 g/mol. The van der Waals surface area contributed by atoms with Gasteiger partial charge in [0.1, 0.15) is 13.2 Å². The van der Waals surface area contributed by atoms with E-state index in [0.717, 1.165) is 28.1 Å². The number of ether oxygens (including phenoxy) is 2. The molecular formula is C14H18N2O2S. The predicted molar refractivity (Wildman–Crippen MR) is 79.6 cm³/mol. The minimum Gasteiger partial charge on any atom is -0.486 e. The number of nitrogens with one attached hydrogen (secondary N) is 1. The minimum absolute atomic E-state index is 0.376. The molecule has 2 unspecified atom stereocenters. The van der Waals surface area contributed by atoms with Crippen molar-refractivity contribution < 1.29 is 9.47 Å².